The van der Waals surface area contributed by atoms with Gasteiger partial charge in [0.1, 0.15) is 0 Å². The molecule has 0 radical (unpaired) electrons. The van der Waals surface area contributed by atoms with E-state index in [0.29, 0.717) is 5.82 Å². The maximum absolute atomic E-state index is 5.62. The molecule has 0 saturated carbocycles. The van der Waals surface area contributed by atoms with Gasteiger partial charge in [-0.25, -0.2) is 15.0 Å². The highest BCUT2D eigenvalue weighted by Gasteiger charge is 2.18. The summed E-state index contributed by atoms with van der Waals surface area (Å²) in [6.45, 7) is 0. The van der Waals surface area contributed by atoms with Gasteiger partial charge in [0.2, 0.25) is 0 Å². The molecule has 0 aliphatic heterocycles. The van der Waals surface area contributed by atoms with Crippen LogP contribution in [-0.4, -0.2) is 19.5 Å². The van der Waals surface area contributed by atoms with Crippen molar-refractivity contribution in [1.29, 1.82) is 0 Å². The molecule has 0 bridgehead atoms. The van der Waals surface area contributed by atoms with Crippen molar-refractivity contribution in [2.45, 2.75) is 0 Å². The van der Waals surface area contributed by atoms with E-state index < -0.39 is 0 Å². The summed E-state index contributed by atoms with van der Waals surface area (Å²) < 4.78 is 2.36. The molecule has 0 aliphatic rings. The van der Waals surface area contributed by atoms with Gasteiger partial charge in [-0.3, -0.25) is 0 Å². The Balaban J connectivity index is 0.923. The predicted molar refractivity (Wildman–Crippen MR) is 279 cm³/mol. The van der Waals surface area contributed by atoms with E-state index in [4.69, 9.17) is 15.0 Å². The minimum absolute atomic E-state index is 0.675. The molecule has 3 heterocycles. The van der Waals surface area contributed by atoms with E-state index in [-0.39, 0.29) is 0 Å². The summed E-state index contributed by atoms with van der Waals surface area (Å²) in [6, 6.07) is 86.2. The first-order chi connectivity index (χ1) is 33.2. The molecule has 0 amide bonds. The van der Waals surface area contributed by atoms with Crippen LogP contribution < -0.4 is 0 Å². The van der Waals surface area contributed by atoms with Gasteiger partial charge in [-0.1, -0.05) is 206 Å². The highest BCUT2D eigenvalue weighted by molar-refractivity contribution is 6.24. The third kappa shape index (κ3) is 6.65. The summed E-state index contributed by atoms with van der Waals surface area (Å²) >= 11 is 0. The van der Waals surface area contributed by atoms with E-state index in [1.54, 1.807) is 0 Å². The first-order valence-corrected chi connectivity index (χ1v) is 22.8. The van der Waals surface area contributed by atoms with E-state index in [2.05, 4.69) is 235 Å². The number of benzene rings is 10. The van der Waals surface area contributed by atoms with Crippen LogP contribution in [0.2, 0.25) is 0 Å². The second kappa shape index (κ2) is 15.9. The Hall–Kier alpha value is -8.99. The van der Waals surface area contributed by atoms with Crippen molar-refractivity contribution in [1.82, 2.24) is 19.5 Å². The average Bonchev–Trinajstić information content (AvgIpc) is 3.75. The maximum atomic E-state index is 5.62. The van der Waals surface area contributed by atoms with Crippen LogP contribution in [0.3, 0.4) is 0 Å². The fraction of sp³-hybridized carbons (Fsp3) is 0. The Morgan fingerprint density at radius 2 is 0.821 bits per heavy atom. The highest BCUT2D eigenvalue weighted by Crippen LogP contribution is 2.41. The van der Waals surface area contributed by atoms with Crippen LogP contribution in [0.4, 0.5) is 0 Å². The lowest BCUT2D eigenvalue weighted by atomic mass is 9.92. The average molecular weight is 853 g/mol. The largest absolute Gasteiger partial charge is 0.309 e. The molecule has 0 N–H and O–H groups in total. The van der Waals surface area contributed by atoms with Crippen molar-refractivity contribution in [2.24, 2.45) is 0 Å². The SMILES string of the molecule is c1ccc(-c2cc(-c3ccccc3)nc(-c3cccc(-c4cccc5c4nc(-c4ccc(-c6ccc(-n7c8ccccc8c8ccccc87)cc6)cc4)c4ccc6ccccc6c45)c3)n2)cc1. The molecule has 0 fully saturated rings. The van der Waals surface area contributed by atoms with Crippen molar-refractivity contribution in [3.63, 3.8) is 0 Å². The lowest BCUT2D eigenvalue weighted by Crippen LogP contribution is -1.96. The van der Waals surface area contributed by atoms with Crippen molar-refractivity contribution >= 4 is 54.3 Å². The molecule has 0 spiro atoms. The van der Waals surface area contributed by atoms with Crippen molar-refractivity contribution < 1.29 is 0 Å². The predicted octanol–water partition coefficient (Wildman–Crippen LogP) is 16.4. The summed E-state index contributed by atoms with van der Waals surface area (Å²) in [4.78, 5) is 16.0. The van der Waals surface area contributed by atoms with Crippen LogP contribution in [0, 0.1) is 0 Å². The summed E-state index contributed by atoms with van der Waals surface area (Å²) in [7, 11) is 0. The fourth-order valence-corrected chi connectivity index (χ4v) is 9.99. The van der Waals surface area contributed by atoms with Crippen LogP contribution >= 0.6 is 0 Å². The molecule has 0 saturated heterocycles. The number of rotatable bonds is 7. The van der Waals surface area contributed by atoms with Crippen LogP contribution in [0.1, 0.15) is 0 Å². The van der Waals surface area contributed by atoms with Gasteiger partial charge < -0.3 is 4.57 Å². The molecule has 4 nitrogen and oxygen atoms in total. The number of pyridine rings is 1. The molecule has 4 heteroatoms. The molecule has 3 aromatic heterocycles. The smallest absolute Gasteiger partial charge is 0.160 e. The molecular weight excluding hydrogens is 813 g/mol. The summed E-state index contributed by atoms with van der Waals surface area (Å²) in [5, 5.41) is 8.38. The van der Waals surface area contributed by atoms with Crippen LogP contribution in [-0.2, 0) is 0 Å². The van der Waals surface area contributed by atoms with Gasteiger partial charge >= 0.3 is 0 Å². The molecule has 13 rings (SSSR count). The van der Waals surface area contributed by atoms with Crippen LogP contribution in [0.15, 0.2) is 243 Å². The van der Waals surface area contributed by atoms with Gasteiger partial charge in [-0.15, -0.1) is 0 Å². The Kier molecular flexibility index (Phi) is 9.14. The number of aromatic nitrogens is 4. The second-order valence-electron chi connectivity index (χ2n) is 17.1. The second-order valence-corrected chi connectivity index (χ2v) is 17.1. The molecule has 10 aromatic carbocycles. The quantitative estimate of drug-likeness (QED) is 0.150. The first-order valence-electron chi connectivity index (χ1n) is 22.8. The number of hydrogen-bond acceptors (Lipinski definition) is 3. The monoisotopic (exact) mass is 852 g/mol. The standard InChI is InChI=1S/C63H40N4/c1-3-16-44(17-4-1)56-40-57(45-18-5-2-6-19-45)65-63(64-56)48-21-13-20-47(39-48)51-25-14-26-54-60-50-22-8-7-15-43(50)35-38-55(60)61(66-62(51)54)46-31-29-41(30-32-46)42-33-36-49(37-34-42)67-58-27-11-9-23-52(58)53-24-10-12-28-59(53)67/h1-40H. The fourth-order valence-electron chi connectivity index (χ4n) is 9.99. The highest BCUT2D eigenvalue weighted by atomic mass is 15.0. The third-order valence-corrected chi connectivity index (χ3v) is 13.2. The maximum Gasteiger partial charge on any atom is 0.160 e. The van der Waals surface area contributed by atoms with Crippen molar-refractivity contribution in [3.8, 4) is 73.1 Å². The summed E-state index contributed by atoms with van der Waals surface area (Å²) in [5.41, 5.74) is 15.7. The zero-order chi connectivity index (χ0) is 44.3. The van der Waals surface area contributed by atoms with Crippen molar-refractivity contribution in [2.75, 3.05) is 0 Å². The molecule has 13 aromatic rings. The van der Waals surface area contributed by atoms with E-state index in [1.165, 1.54) is 38.0 Å². The van der Waals surface area contributed by atoms with Crippen molar-refractivity contribution in [3.05, 3.63) is 243 Å². The Labute approximate surface area is 387 Å². The minimum Gasteiger partial charge on any atom is -0.309 e. The number of nitrogens with zero attached hydrogens (tertiary/aromatic N) is 4. The topological polar surface area (TPSA) is 43.6 Å². The Morgan fingerprint density at radius 1 is 0.299 bits per heavy atom. The van der Waals surface area contributed by atoms with Crippen LogP contribution in [0.5, 0.6) is 0 Å². The van der Waals surface area contributed by atoms with Gasteiger partial charge in [-0.05, 0) is 63.9 Å². The summed E-state index contributed by atoms with van der Waals surface area (Å²) in [6.07, 6.45) is 0. The molecule has 0 atom stereocenters. The van der Waals surface area contributed by atoms with Gasteiger partial charge in [0, 0.05) is 60.4 Å². The van der Waals surface area contributed by atoms with E-state index in [1.807, 2.05) is 12.1 Å². The zero-order valence-electron chi connectivity index (χ0n) is 36.4. The van der Waals surface area contributed by atoms with E-state index >= 15 is 0 Å². The lowest BCUT2D eigenvalue weighted by Gasteiger charge is -2.16. The van der Waals surface area contributed by atoms with Gasteiger partial charge in [0.25, 0.3) is 0 Å². The normalized spacial score (nSPS) is 11.6. The molecule has 0 aliphatic carbocycles. The molecule has 0 unspecified atom stereocenters. The third-order valence-electron chi connectivity index (χ3n) is 13.2. The molecule has 312 valence electrons. The van der Waals surface area contributed by atoms with Gasteiger partial charge in [0.15, 0.2) is 5.82 Å². The number of fused-ring (bicyclic) bond motifs is 8. The Bertz CT molecular complexity index is 3890. The van der Waals surface area contributed by atoms with E-state index in [0.717, 1.165) is 83.6 Å². The summed E-state index contributed by atoms with van der Waals surface area (Å²) in [5.74, 6) is 0.675. The number of hydrogen-bond donors (Lipinski definition) is 0. The zero-order valence-corrected chi connectivity index (χ0v) is 36.4. The van der Waals surface area contributed by atoms with Gasteiger partial charge in [0.05, 0.1) is 33.6 Å². The van der Waals surface area contributed by atoms with Gasteiger partial charge in [-0.2, -0.15) is 0 Å². The van der Waals surface area contributed by atoms with E-state index in [9.17, 15) is 0 Å². The lowest BCUT2D eigenvalue weighted by molar-refractivity contribution is 1.18. The Morgan fingerprint density at radius 3 is 1.49 bits per heavy atom. The van der Waals surface area contributed by atoms with Crippen LogP contribution in [0.25, 0.3) is 127 Å². The number of para-hydroxylation sites is 3. The first kappa shape index (κ1) is 38.5. The minimum atomic E-state index is 0.675. The molecular formula is C63H40N4. The molecule has 67 heavy (non-hydrogen) atoms.